The first-order chi connectivity index (χ1) is 9.27. The first-order valence-corrected chi connectivity index (χ1v) is 7.62. The summed E-state index contributed by atoms with van der Waals surface area (Å²) < 4.78 is 5.33. The smallest absolute Gasteiger partial charge is 0.308 e. The zero-order chi connectivity index (χ0) is 13.9. The fraction of sp³-hybridized carbons (Fsp3) is 0.867. The van der Waals surface area contributed by atoms with Crippen LogP contribution in [0.2, 0.25) is 0 Å². The third-order valence-corrected chi connectivity index (χ3v) is 3.87. The largest absolute Gasteiger partial charge is 0.465 e. The van der Waals surface area contributed by atoms with Crippen LogP contribution < -0.4 is 0 Å². The molecule has 0 radical (unpaired) electrons. The highest BCUT2D eigenvalue weighted by Crippen LogP contribution is 2.28. The molecule has 0 amide bonds. The van der Waals surface area contributed by atoms with E-state index in [1.165, 1.54) is 19.3 Å². The first kappa shape index (κ1) is 16.0. The molecule has 1 rings (SSSR count). The molecule has 0 aliphatic heterocycles. The molecule has 1 saturated carbocycles. The number of carbonyl (C=O) groups excluding carboxylic acids is 1. The number of oxime groups is 1. The van der Waals surface area contributed by atoms with E-state index < -0.39 is 0 Å². The van der Waals surface area contributed by atoms with Crippen molar-refractivity contribution in [3.8, 4) is 0 Å². The van der Waals surface area contributed by atoms with Crippen molar-refractivity contribution < 1.29 is 14.7 Å². The minimum atomic E-state index is -0.0325. The summed E-state index contributed by atoms with van der Waals surface area (Å²) in [5.74, 6) is 0.344. The van der Waals surface area contributed by atoms with E-state index in [1.54, 1.807) is 6.21 Å². The number of hydrogen-bond acceptors (Lipinski definition) is 4. The Morgan fingerprint density at radius 3 is 2.53 bits per heavy atom. The van der Waals surface area contributed by atoms with Crippen LogP contribution in [0.4, 0.5) is 0 Å². The average molecular weight is 269 g/mol. The van der Waals surface area contributed by atoms with Gasteiger partial charge >= 0.3 is 5.97 Å². The summed E-state index contributed by atoms with van der Waals surface area (Å²) in [5, 5.41) is 11.5. The van der Waals surface area contributed by atoms with E-state index in [-0.39, 0.29) is 11.9 Å². The molecule has 4 nitrogen and oxygen atoms in total. The average Bonchev–Trinajstić information content (AvgIpc) is 2.43. The van der Waals surface area contributed by atoms with Crippen molar-refractivity contribution in [2.75, 3.05) is 6.61 Å². The van der Waals surface area contributed by atoms with Crippen molar-refractivity contribution in [3.63, 3.8) is 0 Å². The molecule has 1 aliphatic carbocycles. The predicted molar refractivity (Wildman–Crippen MR) is 75.4 cm³/mol. The van der Waals surface area contributed by atoms with E-state index in [9.17, 15) is 4.79 Å². The zero-order valence-corrected chi connectivity index (χ0v) is 12.0. The maximum absolute atomic E-state index is 11.8. The number of ether oxygens (including phenoxy) is 1. The van der Waals surface area contributed by atoms with Gasteiger partial charge in [0, 0.05) is 6.21 Å². The van der Waals surface area contributed by atoms with Crippen LogP contribution >= 0.6 is 0 Å². The molecule has 0 saturated heterocycles. The van der Waals surface area contributed by atoms with Gasteiger partial charge in [-0.2, -0.15) is 0 Å². The lowest BCUT2D eigenvalue weighted by Crippen LogP contribution is -2.24. The minimum absolute atomic E-state index is 0.0325. The Balaban J connectivity index is 2.07. The predicted octanol–water partition coefficient (Wildman–Crippen LogP) is 3.77. The molecule has 0 aromatic heterocycles. The first-order valence-electron chi connectivity index (χ1n) is 7.62. The second kappa shape index (κ2) is 9.82. The maximum Gasteiger partial charge on any atom is 0.308 e. The van der Waals surface area contributed by atoms with Gasteiger partial charge in [0.05, 0.1) is 12.5 Å². The highest BCUT2D eigenvalue weighted by atomic mass is 16.5. The van der Waals surface area contributed by atoms with E-state index in [4.69, 9.17) is 9.94 Å². The monoisotopic (exact) mass is 269 g/mol. The van der Waals surface area contributed by atoms with Gasteiger partial charge in [-0.3, -0.25) is 4.79 Å². The van der Waals surface area contributed by atoms with Crippen LogP contribution in [0.5, 0.6) is 0 Å². The fourth-order valence-corrected chi connectivity index (χ4v) is 2.59. The lowest BCUT2D eigenvalue weighted by Gasteiger charge is -2.24. The fourth-order valence-electron chi connectivity index (χ4n) is 2.59. The van der Waals surface area contributed by atoms with Crippen LogP contribution in [0, 0.1) is 11.8 Å². The Labute approximate surface area is 116 Å². The van der Waals surface area contributed by atoms with Crippen molar-refractivity contribution >= 4 is 12.2 Å². The van der Waals surface area contributed by atoms with E-state index >= 15 is 0 Å². The molecule has 0 atom stereocenters. The van der Waals surface area contributed by atoms with Crippen molar-refractivity contribution in [3.05, 3.63) is 0 Å². The molecule has 1 fully saturated rings. The molecular formula is C15H27NO3. The van der Waals surface area contributed by atoms with E-state index in [0.717, 1.165) is 38.5 Å². The maximum atomic E-state index is 11.8. The standard InChI is InChI=1S/C15H27NO3/c1-2-3-4-5-6-11-19-15(17)14-9-7-13(8-10-14)12-16-18/h12-14,18H,2-11H2,1H3/b16-12+. The summed E-state index contributed by atoms with van der Waals surface area (Å²) in [5.41, 5.74) is 0. The van der Waals surface area contributed by atoms with Crippen LogP contribution in [0.1, 0.15) is 64.7 Å². The zero-order valence-electron chi connectivity index (χ0n) is 12.0. The van der Waals surface area contributed by atoms with Gasteiger partial charge < -0.3 is 9.94 Å². The molecule has 4 heteroatoms. The van der Waals surface area contributed by atoms with Crippen LogP contribution in [0.15, 0.2) is 5.16 Å². The van der Waals surface area contributed by atoms with Gasteiger partial charge in [0.1, 0.15) is 0 Å². The van der Waals surface area contributed by atoms with Crippen molar-refractivity contribution in [1.29, 1.82) is 0 Å². The molecule has 19 heavy (non-hydrogen) atoms. The highest BCUT2D eigenvalue weighted by Gasteiger charge is 2.26. The Morgan fingerprint density at radius 2 is 1.89 bits per heavy atom. The van der Waals surface area contributed by atoms with Crippen molar-refractivity contribution in [2.24, 2.45) is 17.0 Å². The Bertz CT molecular complexity index is 271. The van der Waals surface area contributed by atoms with Crippen molar-refractivity contribution in [1.82, 2.24) is 0 Å². The van der Waals surface area contributed by atoms with Crippen LogP contribution in [-0.2, 0) is 9.53 Å². The SMILES string of the molecule is CCCCCCCOC(=O)C1CCC(/C=N/O)CC1. The Morgan fingerprint density at radius 1 is 1.21 bits per heavy atom. The number of rotatable bonds is 8. The summed E-state index contributed by atoms with van der Waals surface area (Å²) in [6, 6.07) is 0. The second-order valence-electron chi connectivity index (χ2n) is 5.46. The lowest BCUT2D eigenvalue weighted by atomic mass is 9.83. The molecule has 1 N–H and O–H groups in total. The quantitative estimate of drug-likeness (QED) is 0.240. The Kier molecular flexibility index (Phi) is 8.26. The summed E-state index contributed by atoms with van der Waals surface area (Å²) in [7, 11) is 0. The molecule has 0 bridgehead atoms. The molecule has 0 aromatic rings. The summed E-state index contributed by atoms with van der Waals surface area (Å²) in [4.78, 5) is 11.8. The van der Waals surface area contributed by atoms with E-state index in [2.05, 4.69) is 12.1 Å². The molecule has 0 spiro atoms. The summed E-state index contributed by atoms with van der Waals surface area (Å²) in [6.45, 7) is 2.76. The van der Waals surface area contributed by atoms with Gasteiger partial charge in [-0.25, -0.2) is 0 Å². The number of esters is 1. The van der Waals surface area contributed by atoms with Crippen molar-refractivity contribution in [2.45, 2.75) is 64.7 Å². The summed E-state index contributed by atoms with van der Waals surface area (Å²) in [6.07, 6.45) is 11.0. The normalized spacial score (nSPS) is 23.6. The van der Waals surface area contributed by atoms with Gasteiger partial charge in [-0.05, 0) is 38.0 Å². The number of nitrogens with zero attached hydrogens (tertiary/aromatic N) is 1. The van der Waals surface area contributed by atoms with Gasteiger partial charge in [-0.15, -0.1) is 5.16 Å². The van der Waals surface area contributed by atoms with Gasteiger partial charge in [-0.1, -0.05) is 32.6 Å². The molecule has 0 heterocycles. The van der Waals surface area contributed by atoms with Crippen LogP contribution in [0.3, 0.4) is 0 Å². The molecule has 1 aliphatic rings. The van der Waals surface area contributed by atoms with Crippen LogP contribution in [0.25, 0.3) is 0 Å². The molecular weight excluding hydrogens is 242 g/mol. The Hall–Kier alpha value is -1.06. The third kappa shape index (κ3) is 6.60. The number of unbranched alkanes of at least 4 members (excludes halogenated alkanes) is 4. The molecule has 0 aromatic carbocycles. The van der Waals surface area contributed by atoms with E-state index in [1.807, 2.05) is 0 Å². The van der Waals surface area contributed by atoms with Gasteiger partial charge in [0.15, 0.2) is 0 Å². The number of hydrogen-bond donors (Lipinski definition) is 1. The number of carbonyl (C=O) groups is 1. The van der Waals surface area contributed by atoms with Gasteiger partial charge in [0.2, 0.25) is 0 Å². The second-order valence-corrected chi connectivity index (χ2v) is 5.46. The van der Waals surface area contributed by atoms with Gasteiger partial charge in [0.25, 0.3) is 0 Å². The molecule has 110 valence electrons. The topological polar surface area (TPSA) is 58.9 Å². The summed E-state index contributed by atoms with van der Waals surface area (Å²) >= 11 is 0. The van der Waals surface area contributed by atoms with E-state index in [0.29, 0.717) is 12.5 Å². The minimum Gasteiger partial charge on any atom is -0.465 e. The lowest BCUT2D eigenvalue weighted by molar-refractivity contribution is -0.149. The third-order valence-electron chi connectivity index (χ3n) is 3.87. The van der Waals surface area contributed by atoms with Crippen LogP contribution in [-0.4, -0.2) is 24.0 Å². The highest BCUT2D eigenvalue weighted by molar-refractivity contribution is 5.73. The molecule has 0 unspecified atom stereocenters.